The van der Waals surface area contributed by atoms with Gasteiger partial charge in [0.05, 0.1) is 28.8 Å². The maximum absolute atomic E-state index is 14.9. The largest absolute Gasteiger partial charge is 0.355 e. The molecule has 0 unspecified atom stereocenters. The van der Waals surface area contributed by atoms with Crippen molar-refractivity contribution in [2.24, 2.45) is 11.1 Å². The van der Waals surface area contributed by atoms with Gasteiger partial charge in [0.2, 0.25) is 0 Å². The van der Waals surface area contributed by atoms with Crippen molar-refractivity contribution >= 4 is 22.9 Å². The first-order valence-corrected chi connectivity index (χ1v) is 11.4. The number of aryl methyl sites for hydroxylation is 1. The smallest absolute Gasteiger partial charge is 0.172 e. The second-order valence-electron chi connectivity index (χ2n) is 9.02. The predicted molar refractivity (Wildman–Crippen MR) is 125 cm³/mol. The summed E-state index contributed by atoms with van der Waals surface area (Å²) < 4.78 is 16.5. The van der Waals surface area contributed by atoms with Gasteiger partial charge in [0, 0.05) is 42.8 Å². The Morgan fingerprint density at radius 1 is 1.12 bits per heavy atom. The Morgan fingerprint density at radius 3 is 2.73 bits per heavy atom. The number of pyridine rings is 2. The Balaban J connectivity index is 1.34. The summed E-state index contributed by atoms with van der Waals surface area (Å²) in [5.74, 6) is 0.184. The molecule has 0 amide bonds. The van der Waals surface area contributed by atoms with E-state index in [9.17, 15) is 4.39 Å². The maximum atomic E-state index is 14.9. The van der Waals surface area contributed by atoms with E-state index in [1.54, 1.807) is 23.0 Å². The monoisotopic (exact) mass is 463 g/mol. The molecular formula is C24H23ClFN7. The highest BCUT2D eigenvalue weighted by Gasteiger charge is 2.46. The van der Waals surface area contributed by atoms with Gasteiger partial charge in [-0.2, -0.15) is 5.10 Å². The van der Waals surface area contributed by atoms with Crippen molar-refractivity contribution in [1.29, 1.82) is 0 Å². The van der Waals surface area contributed by atoms with Crippen LogP contribution in [0.5, 0.6) is 0 Å². The minimum absolute atomic E-state index is 0.00963. The lowest BCUT2D eigenvalue weighted by Crippen LogP contribution is -2.44. The van der Waals surface area contributed by atoms with Crippen LogP contribution >= 0.6 is 11.6 Å². The van der Waals surface area contributed by atoms with Crippen molar-refractivity contribution in [3.63, 3.8) is 0 Å². The van der Waals surface area contributed by atoms with E-state index in [2.05, 4.69) is 31.0 Å². The SMILES string of the molecule is Cc1nccc(-c2cnc(N3CCC4(CC3)Cc3ncccc3[C@H]4N)c3c(F)cnn23)c1Cl. The van der Waals surface area contributed by atoms with E-state index in [-0.39, 0.29) is 11.5 Å². The molecule has 6 rings (SSSR count). The van der Waals surface area contributed by atoms with Crippen LogP contribution < -0.4 is 10.6 Å². The lowest BCUT2D eigenvalue weighted by Gasteiger charge is -2.42. The van der Waals surface area contributed by atoms with Gasteiger partial charge in [-0.25, -0.2) is 13.9 Å². The van der Waals surface area contributed by atoms with E-state index in [0.29, 0.717) is 27.7 Å². The van der Waals surface area contributed by atoms with Crippen molar-refractivity contribution in [3.8, 4) is 11.3 Å². The van der Waals surface area contributed by atoms with E-state index in [1.807, 2.05) is 19.2 Å². The molecule has 2 N–H and O–H groups in total. The molecule has 1 aliphatic carbocycles. The molecule has 1 saturated heterocycles. The van der Waals surface area contributed by atoms with Crippen LogP contribution in [0, 0.1) is 18.2 Å². The predicted octanol–water partition coefficient (Wildman–Crippen LogP) is 4.13. The summed E-state index contributed by atoms with van der Waals surface area (Å²) in [7, 11) is 0. The van der Waals surface area contributed by atoms with Gasteiger partial charge >= 0.3 is 0 Å². The number of piperidine rings is 1. The van der Waals surface area contributed by atoms with E-state index >= 15 is 0 Å². The molecule has 2 aliphatic rings. The Bertz CT molecular complexity index is 1380. The molecule has 1 aliphatic heterocycles. The number of rotatable bonds is 2. The third-order valence-corrected chi connectivity index (χ3v) is 7.79. The molecule has 4 aromatic heterocycles. The quantitative estimate of drug-likeness (QED) is 0.481. The third-order valence-electron chi connectivity index (χ3n) is 7.31. The summed E-state index contributed by atoms with van der Waals surface area (Å²) in [6, 6.07) is 5.81. The molecule has 1 fully saturated rings. The molecule has 4 aromatic rings. The molecule has 0 bridgehead atoms. The zero-order valence-electron chi connectivity index (χ0n) is 18.2. The minimum Gasteiger partial charge on any atom is -0.355 e. The molecule has 168 valence electrons. The summed E-state index contributed by atoms with van der Waals surface area (Å²) in [6.07, 6.45) is 9.13. The zero-order valence-corrected chi connectivity index (χ0v) is 18.9. The number of fused-ring (bicyclic) bond motifs is 2. The Morgan fingerprint density at radius 2 is 1.94 bits per heavy atom. The number of anilines is 1. The topological polar surface area (TPSA) is 85.2 Å². The fourth-order valence-electron chi connectivity index (χ4n) is 5.42. The van der Waals surface area contributed by atoms with Crippen molar-refractivity contribution in [2.75, 3.05) is 18.0 Å². The average molecular weight is 464 g/mol. The molecule has 1 spiro atoms. The van der Waals surface area contributed by atoms with Crippen LogP contribution in [-0.4, -0.2) is 37.7 Å². The van der Waals surface area contributed by atoms with Crippen LogP contribution in [0.15, 0.2) is 43.0 Å². The Kier molecular flexibility index (Phi) is 4.64. The summed E-state index contributed by atoms with van der Waals surface area (Å²) in [6.45, 7) is 3.31. The molecule has 9 heteroatoms. The first kappa shape index (κ1) is 20.5. The Labute approximate surface area is 195 Å². The molecule has 33 heavy (non-hydrogen) atoms. The van der Waals surface area contributed by atoms with Crippen molar-refractivity contribution < 1.29 is 4.39 Å². The first-order chi connectivity index (χ1) is 16.0. The second kappa shape index (κ2) is 7.46. The van der Waals surface area contributed by atoms with Gasteiger partial charge in [-0.15, -0.1) is 0 Å². The number of hydrogen-bond acceptors (Lipinski definition) is 6. The average Bonchev–Trinajstić information content (AvgIpc) is 3.34. The van der Waals surface area contributed by atoms with Crippen molar-refractivity contribution in [1.82, 2.24) is 24.6 Å². The van der Waals surface area contributed by atoms with E-state index in [4.69, 9.17) is 17.3 Å². The third kappa shape index (κ3) is 3.04. The lowest BCUT2D eigenvalue weighted by molar-refractivity contribution is 0.187. The molecule has 0 aromatic carbocycles. The maximum Gasteiger partial charge on any atom is 0.172 e. The fraction of sp³-hybridized carbons (Fsp3) is 0.333. The van der Waals surface area contributed by atoms with Gasteiger partial charge < -0.3 is 10.6 Å². The summed E-state index contributed by atoms with van der Waals surface area (Å²) >= 11 is 6.49. The van der Waals surface area contributed by atoms with Gasteiger partial charge in [0.15, 0.2) is 11.6 Å². The number of halogens is 2. The standard InChI is InChI=1S/C24H23ClFN7/c1-14-20(25)16(4-8-28-14)19-13-30-23(21-17(26)12-31-33(19)21)32-9-5-24(6-10-32)11-18-15(22(24)27)3-2-7-29-18/h2-4,7-8,12-13,22H,5-6,9-11,27H2,1H3/t22-/m1/s1. The van der Waals surface area contributed by atoms with Crippen LogP contribution in [0.2, 0.25) is 5.02 Å². The number of aromatic nitrogens is 5. The molecule has 7 nitrogen and oxygen atoms in total. The molecule has 0 radical (unpaired) electrons. The zero-order chi connectivity index (χ0) is 22.7. The van der Waals surface area contributed by atoms with Gasteiger partial charge in [0.1, 0.15) is 5.52 Å². The van der Waals surface area contributed by atoms with Crippen LogP contribution in [0.1, 0.15) is 35.8 Å². The van der Waals surface area contributed by atoms with E-state index < -0.39 is 5.82 Å². The van der Waals surface area contributed by atoms with Gasteiger partial charge in [-0.05, 0) is 49.3 Å². The summed E-state index contributed by atoms with van der Waals surface area (Å²) in [5.41, 5.74) is 11.3. The summed E-state index contributed by atoms with van der Waals surface area (Å²) in [4.78, 5) is 15.6. The van der Waals surface area contributed by atoms with E-state index in [0.717, 1.165) is 49.2 Å². The minimum atomic E-state index is -0.407. The van der Waals surface area contributed by atoms with Gasteiger partial charge in [0.25, 0.3) is 0 Å². The van der Waals surface area contributed by atoms with Gasteiger partial charge in [-0.3, -0.25) is 9.97 Å². The molecular weight excluding hydrogens is 441 g/mol. The van der Waals surface area contributed by atoms with Crippen LogP contribution in [0.3, 0.4) is 0 Å². The highest BCUT2D eigenvalue weighted by Crippen LogP contribution is 2.50. The Hall–Kier alpha value is -3.10. The number of nitrogens with two attached hydrogens (primary N) is 1. The summed E-state index contributed by atoms with van der Waals surface area (Å²) in [5, 5.41) is 4.81. The lowest BCUT2D eigenvalue weighted by atomic mass is 9.73. The normalized spacial score (nSPS) is 19.4. The second-order valence-corrected chi connectivity index (χ2v) is 9.40. The number of hydrogen-bond donors (Lipinski definition) is 1. The molecule has 1 atom stereocenters. The first-order valence-electron chi connectivity index (χ1n) is 11.1. The van der Waals surface area contributed by atoms with Crippen LogP contribution in [0.4, 0.5) is 10.2 Å². The highest BCUT2D eigenvalue weighted by atomic mass is 35.5. The fourth-order valence-corrected chi connectivity index (χ4v) is 5.63. The number of nitrogens with zero attached hydrogens (tertiary/aromatic N) is 6. The van der Waals surface area contributed by atoms with E-state index in [1.165, 1.54) is 6.20 Å². The highest BCUT2D eigenvalue weighted by molar-refractivity contribution is 6.33. The van der Waals surface area contributed by atoms with Crippen LogP contribution in [0.25, 0.3) is 16.8 Å². The molecule has 0 saturated carbocycles. The molecule has 5 heterocycles. The van der Waals surface area contributed by atoms with Crippen molar-refractivity contribution in [2.45, 2.75) is 32.2 Å². The van der Waals surface area contributed by atoms with Crippen molar-refractivity contribution in [3.05, 3.63) is 70.8 Å². The van der Waals surface area contributed by atoms with Crippen LogP contribution in [-0.2, 0) is 6.42 Å². The van der Waals surface area contributed by atoms with Gasteiger partial charge in [-0.1, -0.05) is 17.7 Å².